The molecule has 0 aliphatic heterocycles. The van der Waals surface area contributed by atoms with Crippen molar-refractivity contribution < 1.29 is 4.74 Å². The van der Waals surface area contributed by atoms with Crippen LogP contribution in [0.1, 0.15) is 64.5 Å². The Balaban J connectivity index is 0.00000420. The monoisotopic (exact) mass is 520 g/mol. The lowest BCUT2D eigenvalue weighted by Crippen LogP contribution is -2.41. The van der Waals surface area contributed by atoms with Gasteiger partial charge in [-0.3, -0.25) is 0 Å². The van der Waals surface area contributed by atoms with Gasteiger partial charge in [0.1, 0.15) is 12.4 Å². The molecular formula is C21H41IN6O. The molecule has 0 amide bonds. The van der Waals surface area contributed by atoms with Crippen LogP contribution in [0.5, 0.6) is 0 Å². The van der Waals surface area contributed by atoms with Gasteiger partial charge >= 0.3 is 0 Å². The largest absolute Gasteiger partial charge is 0.382 e. The highest BCUT2D eigenvalue weighted by molar-refractivity contribution is 14.0. The van der Waals surface area contributed by atoms with E-state index in [4.69, 9.17) is 9.73 Å². The highest BCUT2D eigenvalue weighted by Crippen LogP contribution is 2.32. The van der Waals surface area contributed by atoms with Crippen LogP contribution in [0.3, 0.4) is 0 Å². The molecule has 0 aromatic carbocycles. The highest BCUT2D eigenvalue weighted by Gasteiger charge is 2.23. The van der Waals surface area contributed by atoms with Crippen molar-refractivity contribution in [3.8, 4) is 0 Å². The summed E-state index contributed by atoms with van der Waals surface area (Å²) in [6.45, 7) is 12.6. The number of aromatic nitrogens is 3. The van der Waals surface area contributed by atoms with Gasteiger partial charge in [-0.05, 0) is 63.7 Å². The number of aryl methyl sites for hydroxylation is 1. The van der Waals surface area contributed by atoms with Gasteiger partial charge in [-0.2, -0.15) is 0 Å². The number of halogens is 1. The van der Waals surface area contributed by atoms with Gasteiger partial charge < -0.3 is 19.9 Å². The third-order valence-corrected chi connectivity index (χ3v) is 5.92. The van der Waals surface area contributed by atoms with E-state index in [1.807, 2.05) is 25.5 Å². The van der Waals surface area contributed by atoms with Gasteiger partial charge in [-0.15, -0.1) is 34.2 Å². The summed E-state index contributed by atoms with van der Waals surface area (Å²) in [5.74, 6) is 5.11. The molecule has 2 N–H and O–H groups in total. The molecule has 1 heterocycles. The van der Waals surface area contributed by atoms with Crippen molar-refractivity contribution in [3.63, 3.8) is 0 Å². The third kappa shape index (κ3) is 9.19. The molecule has 8 heteroatoms. The Labute approximate surface area is 193 Å². The van der Waals surface area contributed by atoms with Crippen LogP contribution in [0.4, 0.5) is 0 Å². The molecule has 1 aromatic heterocycles. The van der Waals surface area contributed by atoms with Crippen molar-refractivity contribution >= 4 is 29.9 Å². The lowest BCUT2D eigenvalue weighted by Gasteiger charge is -2.31. The number of nitrogens with zero attached hydrogens (tertiary/aromatic N) is 4. The second kappa shape index (κ2) is 14.2. The second-order valence-corrected chi connectivity index (χ2v) is 8.27. The number of hydrogen-bond acceptors (Lipinski definition) is 4. The molecule has 1 saturated carbocycles. The molecule has 0 spiro atoms. The normalized spacial score (nSPS) is 19.9. The average Bonchev–Trinajstić information content (AvgIpc) is 3.01. The molecule has 0 bridgehead atoms. The Morgan fingerprint density at radius 2 is 1.93 bits per heavy atom. The van der Waals surface area contributed by atoms with E-state index in [0.717, 1.165) is 68.1 Å². The van der Waals surface area contributed by atoms with Crippen molar-refractivity contribution in [2.45, 2.75) is 66.3 Å². The summed E-state index contributed by atoms with van der Waals surface area (Å²) in [6.07, 6.45) is 6.32. The van der Waals surface area contributed by atoms with E-state index in [-0.39, 0.29) is 24.0 Å². The Bertz CT molecular complexity index is 596. The summed E-state index contributed by atoms with van der Waals surface area (Å²) in [5.41, 5.74) is 0. The molecule has 29 heavy (non-hydrogen) atoms. The number of aliphatic imine (C=N–C) groups is 1. The fourth-order valence-corrected chi connectivity index (χ4v) is 3.74. The maximum absolute atomic E-state index is 5.43. The smallest absolute Gasteiger partial charge is 0.191 e. The third-order valence-electron chi connectivity index (χ3n) is 5.92. The first kappa shape index (κ1) is 26.1. The molecule has 0 unspecified atom stereocenters. The zero-order chi connectivity index (χ0) is 20.4. The van der Waals surface area contributed by atoms with Crippen LogP contribution in [0, 0.1) is 24.7 Å². The van der Waals surface area contributed by atoms with E-state index in [0.29, 0.717) is 6.54 Å². The van der Waals surface area contributed by atoms with Gasteiger partial charge in [-0.1, -0.05) is 13.8 Å². The van der Waals surface area contributed by atoms with Crippen LogP contribution in [0.25, 0.3) is 0 Å². The summed E-state index contributed by atoms with van der Waals surface area (Å²) >= 11 is 0. The van der Waals surface area contributed by atoms with Gasteiger partial charge in [-0.25, -0.2) is 4.99 Å². The molecule has 7 nitrogen and oxygen atoms in total. The van der Waals surface area contributed by atoms with E-state index in [9.17, 15) is 0 Å². The van der Waals surface area contributed by atoms with Crippen molar-refractivity contribution in [2.24, 2.45) is 29.8 Å². The summed E-state index contributed by atoms with van der Waals surface area (Å²) in [4.78, 5) is 4.74. The Morgan fingerprint density at radius 3 is 2.52 bits per heavy atom. The lowest BCUT2D eigenvalue weighted by molar-refractivity contribution is 0.145. The van der Waals surface area contributed by atoms with Gasteiger partial charge in [0.2, 0.25) is 0 Å². The van der Waals surface area contributed by atoms with E-state index in [2.05, 4.69) is 34.7 Å². The molecule has 2 rings (SSSR count). The number of guanidine groups is 1. The minimum atomic E-state index is 0. The number of ether oxygens (including phenoxy) is 1. The number of hydrogen-bond donors (Lipinski definition) is 2. The predicted octanol–water partition coefficient (Wildman–Crippen LogP) is 3.67. The van der Waals surface area contributed by atoms with Crippen molar-refractivity contribution in [1.82, 2.24) is 25.4 Å². The van der Waals surface area contributed by atoms with E-state index in [1.165, 1.54) is 25.7 Å². The number of nitrogens with one attached hydrogen (secondary N) is 2. The van der Waals surface area contributed by atoms with Crippen LogP contribution in [0.15, 0.2) is 4.99 Å². The average molecular weight is 521 g/mol. The Kier molecular flexibility index (Phi) is 12.8. The highest BCUT2D eigenvalue weighted by atomic mass is 127. The molecule has 1 aromatic rings. The molecule has 1 fully saturated rings. The molecule has 1 aliphatic rings. The SMILES string of the molecule is CCOCCCNC(=NCc1nnc(C)n1C)NCC1CCC(C(C)C)CC1.I. The fourth-order valence-electron chi connectivity index (χ4n) is 3.74. The Hall–Kier alpha value is -0.900. The van der Waals surface area contributed by atoms with Crippen molar-refractivity contribution in [3.05, 3.63) is 11.6 Å². The fraction of sp³-hybridized carbons (Fsp3) is 0.857. The molecule has 1 aliphatic carbocycles. The van der Waals surface area contributed by atoms with E-state index < -0.39 is 0 Å². The molecule has 0 radical (unpaired) electrons. The first-order valence-electron chi connectivity index (χ1n) is 11.0. The molecule has 168 valence electrons. The zero-order valence-electron chi connectivity index (χ0n) is 18.9. The van der Waals surface area contributed by atoms with Crippen LogP contribution in [0.2, 0.25) is 0 Å². The van der Waals surface area contributed by atoms with E-state index in [1.54, 1.807) is 0 Å². The van der Waals surface area contributed by atoms with Crippen LogP contribution >= 0.6 is 24.0 Å². The summed E-state index contributed by atoms with van der Waals surface area (Å²) in [6, 6.07) is 0. The molecule has 0 saturated heterocycles. The first-order valence-corrected chi connectivity index (χ1v) is 11.0. The molecular weight excluding hydrogens is 479 g/mol. The summed E-state index contributed by atoms with van der Waals surface area (Å²) < 4.78 is 7.42. The second-order valence-electron chi connectivity index (χ2n) is 8.27. The zero-order valence-corrected chi connectivity index (χ0v) is 21.2. The van der Waals surface area contributed by atoms with E-state index >= 15 is 0 Å². The Morgan fingerprint density at radius 1 is 1.21 bits per heavy atom. The van der Waals surface area contributed by atoms with Gasteiger partial charge in [0.25, 0.3) is 0 Å². The van der Waals surface area contributed by atoms with Gasteiger partial charge in [0, 0.05) is 33.4 Å². The van der Waals surface area contributed by atoms with Gasteiger partial charge in [0.05, 0.1) is 0 Å². The quantitative estimate of drug-likeness (QED) is 0.213. The van der Waals surface area contributed by atoms with Crippen molar-refractivity contribution in [2.75, 3.05) is 26.3 Å². The summed E-state index contributed by atoms with van der Waals surface area (Å²) in [5, 5.41) is 15.3. The van der Waals surface area contributed by atoms with Crippen LogP contribution in [-0.4, -0.2) is 47.0 Å². The topological polar surface area (TPSA) is 76.4 Å². The number of rotatable bonds is 10. The minimum absolute atomic E-state index is 0. The van der Waals surface area contributed by atoms with Crippen molar-refractivity contribution in [1.29, 1.82) is 0 Å². The lowest BCUT2D eigenvalue weighted by atomic mass is 9.77. The van der Waals surface area contributed by atoms with Crippen LogP contribution in [-0.2, 0) is 18.3 Å². The molecule has 0 atom stereocenters. The predicted molar refractivity (Wildman–Crippen MR) is 130 cm³/mol. The maximum Gasteiger partial charge on any atom is 0.191 e. The van der Waals surface area contributed by atoms with Gasteiger partial charge in [0.15, 0.2) is 11.8 Å². The summed E-state index contributed by atoms with van der Waals surface area (Å²) in [7, 11) is 1.98. The minimum Gasteiger partial charge on any atom is -0.382 e. The maximum atomic E-state index is 5.43. The standard InChI is InChI=1S/C21H40N6O.HI/c1-6-28-13-7-12-22-21(24-15-20-26-25-17(4)27(20)5)23-14-18-8-10-19(11-9-18)16(2)3;/h16,18-19H,6-15H2,1-5H3,(H2,22,23,24);1H. The van der Waals surface area contributed by atoms with Crippen LogP contribution < -0.4 is 10.6 Å². The first-order chi connectivity index (χ1) is 13.5.